The summed E-state index contributed by atoms with van der Waals surface area (Å²) in [6.45, 7) is 1.61. The minimum absolute atomic E-state index is 0.00826. The van der Waals surface area contributed by atoms with Gasteiger partial charge in [-0.2, -0.15) is 0 Å². The van der Waals surface area contributed by atoms with Gasteiger partial charge in [0.2, 0.25) is 11.8 Å². The molecule has 0 spiro atoms. The third-order valence-corrected chi connectivity index (χ3v) is 10.3. The molecule has 1 heterocycles. The molecule has 240 valence electrons. The third-order valence-electron chi connectivity index (χ3n) is 7.94. The van der Waals surface area contributed by atoms with E-state index in [1.165, 1.54) is 41.3 Å². The zero-order chi connectivity index (χ0) is 32.1. The number of carbonyl (C=O) groups excluding carboxylic acids is 2. The van der Waals surface area contributed by atoms with Crippen LogP contribution in [0.1, 0.15) is 44.6 Å². The number of rotatable bonds is 11. The van der Waals surface area contributed by atoms with Gasteiger partial charge < -0.3 is 19.7 Å². The van der Waals surface area contributed by atoms with Crippen molar-refractivity contribution in [1.82, 2.24) is 10.2 Å². The molecular weight excluding hydrogens is 644 g/mol. The zero-order valence-corrected chi connectivity index (χ0v) is 27.0. The fourth-order valence-electron chi connectivity index (χ4n) is 5.57. The molecule has 0 unspecified atom stereocenters. The molecule has 2 aliphatic rings. The van der Waals surface area contributed by atoms with Crippen molar-refractivity contribution in [2.45, 2.75) is 62.6 Å². The number of carbonyl (C=O) groups is 2. The van der Waals surface area contributed by atoms with Gasteiger partial charge in [0, 0.05) is 28.7 Å². The van der Waals surface area contributed by atoms with Gasteiger partial charge in [-0.15, -0.1) is 0 Å². The molecule has 3 aromatic rings. The average molecular weight is 679 g/mol. The Kier molecular flexibility index (Phi) is 10.4. The first-order valence-corrected chi connectivity index (χ1v) is 17.0. The zero-order valence-electron chi connectivity index (χ0n) is 24.7. The third kappa shape index (κ3) is 7.65. The molecule has 5 rings (SSSR count). The highest BCUT2D eigenvalue weighted by atomic mass is 35.5. The number of nitrogens with zero attached hydrogens (tertiary/aromatic N) is 2. The molecule has 1 aliphatic heterocycles. The average Bonchev–Trinajstić information content (AvgIpc) is 3.54. The first-order chi connectivity index (χ1) is 21.6. The summed E-state index contributed by atoms with van der Waals surface area (Å²) in [6, 6.07) is 12.9. The Hall–Kier alpha value is -3.54. The van der Waals surface area contributed by atoms with Crippen LogP contribution in [-0.4, -0.2) is 57.0 Å². The summed E-state index contributed by atoms with van der Waals surface area (Å²) in [5.41, 5.74) is 0.595. The van der Waals surface area contributed by atoms with E-state index in [2.05, 4.69) is 5.32 Å². The predicted octanol–water partition coefficient (Wildman–Crippen LogP) is 5.97. The number of fused-ring (bicyclic) bond motifs is 1. The van der Waals surface area contributed by atoms with Gasteiger partial charge in [0.1, 0.15) is 31.6 Å². The maximum Gasteiger partial charge on any atom is 0.264 e. The summed E-state index contributed by atoms with van der Waals surface area (Å²) >= 11 is 12.6. The van der Waals surface area contributed by atoms with Crippen LogP contribution >= 0.6 is 23.2 Å². The molecule has 0 saturated heterocycles. The minimum Gasteiger partial charge on any atom is -0.486 e. The predicted molar refractivity (Wildman–Crippen MR) is 170 cm³/mol. The molecule has 2 amide bonds. The number of sulfonamides is 1. The number of hydrogen-bond acceptors (Lipinski definition) is 6. The lowest BCUT2D eigenvalue weighted by molar-refractivity contribution is -0.140. The van der Waals surface area contributed by atoms with Crippen LogP contribution in [0.5, 0.6) is 11.5 Å². The van der Waals surface area contributed by atoms with Gasteiger partial charge in [0.05, 0.1) is 10.6 Å². The standard InChI is InChI=1S/C32H34Cl2FN3O6S/c1-2-28(32(40)36-24-5-3-4-6-24)37(19-21-7-8-22(33)17-27(21)34)31(39)20-38(25-11-9-23(35)10-12-25)45(41,42)26-13-14-29-30(18-26)44-16-15-43-29/h7-14,17-18,24,28H,2-6,15-16,19-20H2,1H3,(H,36,40)/t28-/m1/s1. The molecule has 1 fully saturated rings. The van der Waals surface area contributed by atoms with Crippen LogP contribution in [0.15, 0.2) is 65.6 Å². The number of halogens is 3. The van der Waals surface area contributed by atoms with Gasteiger partial charge in [0.15, 0.2) is 11.5 Å². The smallest absolute Gasteiger partial charge is 0.264 e. The topological polar surface area (TPSA) is 105 Å². The van der Waals surface area contributed by atoms with E-state index in [1.54, 1.807) is 19.1 Å². The Balaban J connectivity index is 1.52. The van der Waals surface area contributed by atoms with Gasteiger partial charge in [-0.3, -0.25) is 13.9 Å². The normalized spacial score (nSPS) is 15.4. The number of nitrogens with one attached hydrogen (secondary N) is 1. The molecule has 0 aromatic heterocycles. The number of hydrogen-bond donors (Lipinski definition) is 1. The highest BCUT2D eigenvalue weighted by molar-refractivity contribution is 7.92. The van der Waals surface area contributed by atoms with Crippen molar-refractivity contribution >= 4 is 50.7 Å². The van der Waals surface area contributed by atoms with Crippen molar-refractivity contribution in [3.63, 3.8) is 0 Å². The number of amides is 2. The second kappa shape index (κ2) is 14.3. The first kappa shape index (κ1) is 32.8. The summed E-state index contributed by atoms with van der Waals surface area (Å²) in [5, 5.41) is 3.77. The Labute approximate surface area is 272 Å². The van der Waals surface area contributed by atoms with E-state index in [0.29, 0.717) is 28.0 Å². The van der Waals surface area contributed by atoms with Crippen LogP contribution in [0.25, 0.3) is 0 Å². The summed E-state index contributed by atoms with van der Waals surface area (Å²) in [4.78, 5) is 29.1. The second-order valence-electron chi connectivity index (χ2n) is 11.0. The summed E-state index contributed by atoms with van der Waals surface area (Å²) in [5.74, 6) is -0.905. The van der Waals surface area contributed by atoms with E-state index in [9.17, 15) is 22.4 Å². The van der Waals surface area contributed by atoms with Crippen molar-refractivity contribution in [2.75, 3.05) is 24.1 Å². The van der Waals surface area contributed by atoms with Crippen LogP contribution in [0.3, 0.4) is 0 Å². The molecule has 0 bridgehead atoms. The molecular formula is C32H34Cl2FN3O6S. The highest BCUT2D eigenvalue weighted by Gasteiger charge is 2.35. The quantitative estimate of drug-likeness (QED) is 0.268. The molecule has 13 heteroatoms. The SMILES string of the molecule is CC[C@H](C(=O)NC1CCCC1)N(Cc1ccc(Cl)cc1Cl)C(=O)CN(c1ccc(F)cc1)S(=O)(=O)c1ccc2c(c1)OCCO2. The molecule has 45 heavy (non-hydrogen) atoms. The number of benzene rings is 3. The van der Waals surface area contributed by atoms with Crippen LogP contribution in [-0.2, 0) is 26.2 Å². The molecule has 1 atom stereocenters. The highest BCUT2D eigenvalue weighted by Crippen LogP contribution is 2.34. The molecule has 1 saturated carbocycles. The Morgan fingerprint density at radius 2 is 1.67 bits per heavy atom. The summed E-state index contributed by atoms with van der Waals surface area (Å²) in [6.07, 6.45) is 3.99. The Bertz CT molecular complexity index is 1650. The van der Waals surface area contributed by atoms with Crippen molar-refractivity contribution in [1.29, 1.82) is 0 Å². The maximum absolute atomic E-state index is 14.3. The largest absolute Gasteiger partial charge is 0.486 e. The molecule has 1 N–H and O–H groups in total. The van der Waals surface area contributed by atoms with Crippen molar-refractivity contribution in [2.24, 2.45) is 0 Å². The van der Waals surface area contributed by atoms with Gasteiger partial charge >= 0.3 is 0 Å². The van der Waals surface area contributed by atoms with Crippen molar-refractivity contribution in [3.8, 4) is 11.5 Å². The molecule has 3 aromatic carbocycles. The van der Waals surface area contributed by atoms with Gasteiger partial charge in [-0.25, -0.2) is 12.8 Å². The van der Waals surface area contributed by atoms with Gasteiger partial charge in [-0.1, -0.05) is 49.0 Å². The van der Waals surface area contributed by atoms with Crippen molar-refractivity contribution in [3.05, 3.63) is 82.1 Å². The number of ether oxygens (including phenoxy) is 2. The summed E-state index contributed by atoms with van der Waals surface area (Å²) in [7, 11) is -4.40. The Morgan fingerprint density at radius 3 is 2.33 bits per heavy atom. The summed E-state index contributed by atoms with van der Waals surface area (Å²) < 4.78 is 54.3. The van der Waals surface area contributed by atoms with Crippen LogP contribution in [0.4, 0.5) is 10.1 Å². The van der Waals surface area contributed by atoms with E-state index in [4.69, 9.17) is 32.7 Å². The van der Waals surface area contributed by atoms with Crippen LogP contribution < -0.4 is 19.1 Å². The van der Waals surface area contributed by atoms with Crippen molar-refractivity contribution < 1.29 is 31.9 Å². The molecule has 9 nitrogen and oxygen atoms in total. The lowest BCUT2D eigenvalue weighted by Gasteiger charge is -2.34. The van der Waals surface area contributed by atoms with Gasteiger partial charge in [-0.05, 0) is 73.4 Å². The molecule has 0 radical (unpaired) electrons. The Morgan fingerprint density at radius 1 is 0.978 bits per heavy atom. The minimum atomic E-state index is -4.40. The first-order valence-electron chi connectivity index (χ1n) is 14.8. The van der Waals surface area contributed by atoms with E-state index in [0.717, 1.165) is 42.1 Å². The van der Waals surface area contributed by atoms with Crippen LogP contribution in [0.2, 0.25) is 10.0 Å². The lowest BCUT2D eigenvalue weighted by Crippen LogP contribution is -2.53. The van der Waals surface area contributed by atoms with Gasteiger partial charge in [0.25, 0.3) is 10.0 Å². The number of anilines is 1. The van der Waals surface area contributed by atoms with Crippen LogP contribution in [0, 0.1) is 5.82 Å². The van der Waals surface area contributed by atoms with E-state index in [-0.39, 0.29) is 47.9 Å². The van der Waals surface area contributed by atoms with E-state index in [1.807, 2.05) is 0 Å². The van der Waals surface area contributed by atoms with E-state index >= 15 is 0 Å². The monoisotopic (exact) mass is 677 g/mol. The maximum atomic E-state index is 14.3. The lowest BCUT2D eigenvalue weighted by atomic mass is 10.1. The fraction of sp³-hybridized carbons (Fsp3) is 0.375. The van der Waals surface area contributed by atoms with E-state index < -0.39 is 34.3 Å². The molecule has 1 aliphatic carbocycles. The second-order valence-corrected chi connectivity index (χ2v) is 13.7. The fourth-order valence-corrected chi connectivity index (χ4v) is 7.47.